The summed E-state index contributed by atoms with van der Waals surface area (Å²) in [5, 5.41) is 3.68. The van der Waals surface area contributed by atoms with E-state index in [9.17, 15) is 4.79 Å². The standard InChI is InChI=1S/C9H14N4O2/c1-6-11-8(15-12-6)2-3-13-5-7(10)4-9(13)14/h7H,2-5,10H2,1H3. The minimum absolute atomic E-state index is 0.0260. The average Bonchev–Trinajstić information content (AvgIpc) is 2.70. The first-order valence-corrected chi connectivity index (χ1v) is 4.97. The molecule has 1 fully saturated rings. The molecule has 1 aliphatic heterocycles. The second-order valence-electron chi connectivity index (χ2n) is 3.79. The molecule has 1 aliphatic rings. The maximum Gasteiger partial charge on any atom is 0.228 e. The Kier molecular flexibility index (Phi) is 2.68. The van der Waals surface area contributed by atoms with E-state index in [1.54, 1.807) is 11.8 Å². The molecular weight excluding hydrogens is 196 g/mol. The lowest BCUT2D eigenvalue weighted by Gasteiger charge is -2.13. The van der Waals surface area contributed by atoms with Crippen molar-refractivity contribution in [3.8, 4) is 0 Å². The van der Waals surface area contributed by atoms with Gasteiger partial charge in [0.2, 0.25) is 11.8 Å². The monoisotopic (exact) mass is 210 g/mol. The molecule has 1 amide bonds. The van der Waals surface area contributed by atoms with E-state index in [1.165, 1.54) is 0 Å². The fourth-order valence-electron chi connectivity index (χ4n) is 1.69. The lowest BCUT2D eigenvalue weighted by atomic mass is 10.3. The predicted octanol–water partition coefficient (Wildman–Crippen LogP) is -0.520. The van der Waals surface area contributed by atoms with E-state index >= 15 is 0 Å². The normalized spacial score (nSPS) is 21.3. The van der Waals surface area contributed by atoms with Gasteiger partial charge in [-0.2, -0.15) is 4.98 Å². The number of amides is 1. The van der Waals surface area contributed by atoms with Crippen LogP contribution < -0.4 is 5.73 Å². The number of nitrogens with zero attached hydrogens (tertiary/aromatic N) is 3. The van der Waals surface area contributed by atoms with E-state index < -0.39 is 0 Å². The Balaban J connectivity index is 1.86. The van der Waals surface area contributed by atoms with Crippen LogP contribution in [0.2, 0.25) is 0 Å². The van der Waals surface area contributed by atoms with E-state index in [1.807, 2.05) is 0 Å². The molecule has 1 saturated heterocycles. The number of carbonyl (C=O) groups excluding carboxylic acids is 1. The van der Waals surface area contributed by atoms with Crippen LogP contribution in [0.15, 0.2) is 4.52 Å². The summed E-state index contributed by atoms with van der Waals surface area (Å²) in [4.78, 5) is 17.2. The molecule has 0 saturated carbocycles. The molecule has 15 heavy (non-hydrogen) atoms. The Labute approximate surface area is 87.4 Å². The minimum atomic E-state index is -0.0260. The Morgan fingerprint density at radius 3 is 3.00 bits per heavy atom. The van der Waals surface area contributed by atoms with Gasteiger partial charge in [0.1, 0.15) is 0 Å². The largest absolute Gasteiger partial charge is 0.341 e. The van der Waals surface area contributed by atoms with Gasteiger partial charge in [0.15, 0.2) is 5.82 Å². The molecule has 0 bridgehead atoms. The summed E-state index contributed by atoms with van der Waals surface area (Å²) in [6.45, 7) is 3.00. The highest BCUT2D eigenvalue weighted by Crippen LogP contribution is 2.09. The summed E-state index contributed by atoms with van der Waals surface area (Å²) in [5.74, 6) is 1.30. The number of hydrogen-bond donors (Lipinski definition) is 1. The molecule has 0 radical (unpaired) electrons. The van der Waals surface area contributed by atoms with Crippen LogP contribution in [-0.4, -0.2) is 40.1 Å². The van der Waals surface area contributed by atoms with Gasteiger partial charge >= 0.3 is 0 Å². The van der Waals surface area contributed by atoms with Gasteiger partial charge in [0.05, 0.1) is 0 Å². The van der Waals surface area contributed by atoms with Gasteiger partial charge in [-0.1, -0.05) is 5.16 Å². The van der Waals surface area contributed by atoms with Crippen molar-refractivity contribution in [2.24, 2.45) is 5.73 Å². The van der Waals surface area contributed by atoms with E-state index in [-0.39, 0.29) is 11.9 Å². The zero-order chi connectivity index (χ0) is 10.8. The average molecular weight is 210 g/mol. The van der Waals surface area contributed by atoms with Crippen molar-refractivity contribution in [1.82, 2.24) is 15.0 Å². The summed E-state index contributed by atoms with van der Waals surface area (Å²) >= 11 is 0. The fraction of sp³-hybridized carbons (Fsp3) is 0.667. The van der Waals surface area contributed by atoms with Crippen LogP contribution in [-0.2, 0) is 11.2 Å². The smallest absolute Gasteiger partial charge is 0.228 e. The molecule has 0 aliphatic carbocycles. The number of hydrogen-bond acceptors (Lipinski definition) is 5. The number of likely N-dealkylation sites (tertiary alicyclic amines) is 1. The van der Waals surface area contributed by atoms with Gasteiger partial charge in [0.25, 0.3) is 0 Å². The summed E-state index contributed by atoms with van der Waals surface area (Å²) in [7, 11) is 0. The van der Waals surface area contributed by atoms with Crippen LogP contribution in [0.3, 0.4) is 0 Å². The zero-order valence-corrected chi connectivity index (χ0v) is 8.64. The number of carbonyl (C=O) groups is 1. The molecule has 2 N–H and O–H groups in total. The number of nitrogens with two attached hydrogens (primary N) is 1. The molecule has 0 aromatic carbocycles. The number of aryl methyl sites for hydroxylation is 1. The molecule has 1 aromatic heterocycles. The second-order valence-corrected chi connectivity index (χ2v) is 3.79. The molecule has 2 heterocycles. The maximum absolute atomic E-state index is 11.4. The topological polar surface area (TPSA) is 85.3 Å². The first-order valence-electron chi connectivity index (χ1n) is 4.97. The van der Waals surface area contributed by atoms with E-state index in [4.69, 9.17) is 10.3 Å². The van der Waals surface area contributed by atoms with Gasteiger partial charge in [-0.15, -0.1) is 0 Å². The summed E-state index contributed by atoms with van der Waals surface area (Å²) in [5.41, 5.74) is 5.67. The van der Waals surface area contributed by atoms with Crippen molar-refractivity contribution in [2.75, 3.05) is 13.1 Å². The van der Waals surface area contributed by atoms with Gasteiger partial charge in [0, 0.05) is 32.0 Å². The van der Waals surface area contributed by atoms with Crippen molar-refractivity contribution in [2.45, 2.75) is 25.8 Å². The van der Waals surface area contributed by atoms with Crippen molar-refractivity contribution < 1.29 is 9.32 Å². The van der Waals surface area contributed by atoms with Gasteiger partial charge in [-0.05, 0) is 6.92 Å². The fourth-order valence-corrected chi connectivity index (χ4v) is 1.69. The Morgan fingerprint density at radius 2 is 2.47 bits per heavy atom. The van der Waals surface area contributed by atoms with Gasteiger partial charge in [-0.25, -0.2) is 0 Å². The van der Waals surface area contributed by atoms with E-state index in [2.05, 4.69) is 10.1 Å². The first-order chi connectivity index (χ1) is 7.15. The van der Waals surface area contributed by atoms with Gasteiger partial charge < -0.3 is 15.2 Å². The molecule has 6 nitrogen and oxygen atoms in total. The first kappa shape index (κ1) is 10.1. The van der Waals surface area contributed by atoms with Crippen molar-refractivity contribution in [3.05, 3.63) is 11.7 Å². The van der Waals surface area contributed by atoms with Crippen molar-refractivity contribution >= 4 is 5.91 Å². The molecule has 1 unspecified atom stereocenters. The van der Waals surface area contributed by atoms with Crippen molar-refractivity contribution in [3.63, 3.8) is 0 Å². The summed E-state index contributed by atoms with van der Waals surface area (Å²) in [6, 6.07) is -0.0260. The SMILES string of the molecule is Cc1noc(CCN2CC(N)CC2=O)n1. The molecule has 82 valence electrons. The highest BCUT2D eigenvalue weighted by atomic mass is 16.5. The lowest BCUT2D eigenvalue weighted by molar-refractivity contribution is -0.127. The quantitative estimate of drug-likeness (QED) is 0.725. The van der Waals surface area contributed by atoms with Crippen LogP contribution in [0.4, 0.5) is 0 Å². The predicted molar refractivity (Wildman–Crippen MR) is 51.9 cm³/mol. The number of aromatic nitrogens is 2. The van der Waals surface area contributed by atoms with Crippen LogP contribution in [0.5, 0.6) is 0 Å². The van der Waals surface area contributed by atoms with Crippen LogP contribution >= 0.6 is 0 Å². The Hall–Kier alpha value is -1.43. The minimum Gasteiger partial charge on any atom is -0.341 e. The third-order valence-corrected chi connectivity index (χ3v) is 2.41. The second kappa shape index (κ2) is 3.98. The molecule has 1 aromatic rings. The third-order valence-electron chi connectivity index (χ3n) is 2.41. The third kappa shape index (κ3) is 2.33. The highest BCUT2D eigenvalue weighted by molar-refractivity contribution is 5.79. The molecular formula is C9H14N4O2. The van der Waals surface area contributed by atoms with E-state index in [0.29, 0.717) is 37.6 Å². The van der Waals surface area contributed by atoms with Crippen LogP contribution in [0.1, 0.15) is 18.1 Å². The Bertz CT molecular complexity index is 363. The highest BCUT2D eigenvalue weighted by Gasteiger charge is 2.26. The zero-order valence-electron chi connectivity index (χ0n) is 8.64. The lowest BCUT2D eigenvalue weighted by Crippen LogP contribution is -2.30. The Morgan fingerprint density at radius 1 is 1.67 bits per heavy atom. The number of rotatable bonds is 3. The molecule has 6 heteroatoms. The van der Waals surface area contributed by atoms with E-state index in [0.717, 1.165) is 0 Å². The maximum atomic E-state index is 11.4. The molecule has 2 rings (SSSR count). The summed E-state index contributed by atoms with van der Waals surface area (Å²) in [6.07, 6.45) is 1.04. The summed E-state index contributed by atoms with van der Waals surface area (Å²) < 4.78 is 4.96. The van der Waals surface area contributed by atoms with Crippen molar-refractivity contribution in [1.29, 1.82) is 0 Å². The van der Waals surface area contributed by atoms with Crippen LogP contribution in [0.25, 0.3) is 0 Å². The van der Waals surface area contributed by atoms with Gasteiger partial charge in [-0.3, -0.25) is 4.79 Å². The van der Waals surface area contributed by atoms with Crippen LogP contribution in [0, 0.1) is 6.92 Å². The molecule has 1 atom stereocenters. The molecule has 0 spiro atoms.